The van der Waals surface area contributed by atoms with Crippen LogP contribution in [0.2, 0.25) is 0 Å². The maximum atomic E-state index is 13.8. The Hall–Kier alpha value is -4.07. The Morgan fingerprint density at radius 3 is 2.53 bits per heavy atom. The van der Waals surface area contributed by atoms with Gasteiger partial charge in [0.1, 0.15) is 5.82 Å². The summed E-state index contributed by atoms with van der Waals surface area (Å²) in [6.07, 6.45) is 1.72. The van der Waals surface area contributed by atoms with E-state index < -0.39 is 11.7 Å². The van der Waals surface area contributed by atoms with E-state index in [1.165, 1.54) is 12.1 Å². The van der Waals surface area contributed by atoms with Gasteiger partial charge in [-0.05, 0) is 24.6 Å². The number of aromatic nitrogens is 3. The molecule has 8 heteroatoms. The van der Waals surface area contributed by atoms with E-state index in [4.69, 9.17) is 9.51 Å². The highest BCUT2D eigenvalue weighted by Crippen LogP contribution is 2.31. The molecule has 0 unspecified atom stereocenters. The third-order valence-corrected chi connectivity index (χ3v) is 4.87. The highest BCUT2D eigenvalue weighted by atomic mass is 19.1. The number of halogens is 1. The van der Waals surface area contributed by atoms with E-state index in [-0.39, 0.29) is 12.1 Å². The minimum atomic E-state index is -0.545. The lowest BCUT2D eigenvalue weighted by Gasteiger charge is -2.14. The van der Waals surface area contributed by atoms with Gasteiger partial charge in [0.05, 0.1) is 22.5 Å². The SMILES string of the molecule is Cc1cc(-c2cnc(N(C)C)nc2-c2ccc(CNC(=O)c3ccccc3F)cc2)on1. The zero-order valence-corrected chi connectivity index (χ0v) is 18.0. The predicted octanol–water partition coefficient (Wildman–Crippen LogP) is 4.24. The molecule has 0 spiro atoms. The zero-order valence-electron chi connectivity index (χ0n) is 18.0. The summed E-state index contributed by atoms with van der Waals surface area (Å²) in [6, 6.07) is 15.4. The van der Waals surface area contributed by atoms with Crippen molar-refractivity contribution in [1.82, 2.24) is 20.4 Å². The number of benzene rings is 2. The number of amides is 1. The standard InChI is InChI=1S/C24H22FN5O2/c1-15-12-21(32-29-15)19-14-27-24(30(2)3)28-22(19)17-10-8-16(9-11-17)13-26-23(31)18-6-4-5-7-20(18)25/h4-12,14H,13H2,1-3H3,(H,26,31). The number of aryl methyl sites for hydroxylation is 1. The summed E-state index contributed by atoms with van der Waals surface area (Å²) in [6.45, 7) is 2.13. The van der Waals surface area contributed by atoms with Crippen molar-refractivity contribution < 1.29 is 13.7 Å². The van der Waals surface area contributed by atoms with E-state index in [2.05, 4.69) is 15.5 Å². The molecule has 162 valence electrons. The summed E-state index contributed by atoms with van der Waals surface area (Å²) in [7, 11) is 3.75. The van der Waals surface area contributed by atoms with Crippen LogP contribution in [-0.2, 0) is 6.54 Å². The van der Waals surface area contributed by atoms with Gasteiger partial charge in [-0.15, -0.1) is 0 Å². The Balaban J connectivity index is 1.57. The van der Waals surface area contributed by atoms with Gasteiger partial charge >= 0.3 is 0 Å². The number of nitrogens with zero attached hydrogens (tertiary/aromatic N) is 4. The van der Waals surface area contributed by atoms with Crippen LogP contribution in [0.4, 0.5) is 10.3 Å². The summed E-state index contributed by atoms with van der Waals surface area (Å²) in [5.41, 5.74) is 3.97. The summed E-state index contributed by atoms with van der Waals surface area (Å²) >= 11 is 0. The fourth-order valence-corrected chi connectivity index (χ4v) is 3.18. The fourth-order valence-electron chi connectivity index (χ4n) is 3.18. The van der Waals surface area contributed by atoms with Crippen LogP contribution < -0.4 is 10.2 Å². The highest BCUT2D eigenvalue weighted by molar-refractivity contribution is 5.94. The molecule has 2 heterocycles. The normalized spacial score (nSPS) is 10.8. The average molecular weight is 431 g/mol. The molecule has 1 amide bonds. The van der Waals surface area contributed by atoms with Crippen LogP contribution in [0, 0.1) is 12.7 Å². The Bertz CT molecular complexity index is 1250. The smallest absolute Gasteiger partial charge is 0.254 e. The molecule has 0 radical (unpaired) electrons. The Labute approximate surface area is 184 Å². The zero-order chi connectivity index (χ0) is 22.7. The van der Waals surface area contributed by atoms with Gasteiger partial charge in [-0.1, -0.05) is 41.6 Å². The first-order valence-electron chi connectivity index (χ1n) is 10.0. The number of carbonyl (C=O) groups is 1. The van der Waals surface area contributed by atoms with Crippen molar-refractivity contribution in [2.45, 2.75) is 13.5 Å². The maximum Gasteiger partial charge on any atom is 0.254 e. The number of hydrogen-bond acceptors (Lipinski definition) is 6. The molecule has 0 atom stereocenters. The summed E-state index contributed by atoms with van der Waals surface area (Å²) in [4.78, 5) is 23.2. The van der Waals surface area contributed by atoms with Gasteiger partial charge in [0, 0.05) is 38.5 Å². The summed E-state index contributed by atoms with van der Waals surface area (Å²) in [5, 5.41) is 6.71. The van der Waals surface area contributed by atoms with E-state index in [9.17, 15) is 9.18 Å². The van der Waals surface area contributed by atoms with Crippen LogP contribution in [0.3, 0.4) is 0 Å². The summed E-state index contributed by atoms with van der Waals surface area (Å²) < 4.78 is 19.2. The van der Waals surface area contributed by atoms with Crippen LogP contribution in [0.5, 0.6) is 0 Å². The molecule has 2 aromatic heterocycles. The molecule has 0 bridgehead atoms. The van der Waals surface area contributed by atoms with Crippen molar-refractivity contribution in [1.29, 1.82) is 0 Å². The lowest BCUT2D eigenvalue weighted by molar-refractivity contribution is 0.0947. The molecular weight excluding hydrogens is 409 g/mol. The van der Waals surface area contributed by atoms with Crippen molar-refractivity contribution in [3.8, 4) is 22.6 Å². The minimum Gasteiger partial charge on any atom is -0.356 e. The van der Waals surface area contributed by atoms with Crippen molar-refractivity contribution in [2.24, 2.45) is 0 Å². The number of hydrogen-bond donors (Lipinski definition) is 1. The number of carbonyl (C=O) groups excluding carboxylic acids is 1. The van der Waals surface area contributed by atoms with Gasteiger partial charge in [-0.3, -0.25) is 4.79 Å². The number of nitrogens with one attached hydrogen (secondary N) is 1. The van der Waals surface area contributed by atoms with Gasteiger partial charge in [0.15, 0.2) is 5.76 Å². The van der Waals surface area contributed by atoms with Crippen LogP contribution in [0.15, 0.2) is 65.3 Å². The Morgan fingerprint density at radius 1 is 1.12 bits per heavy atom. The van der Waals surface area contributed by atoms with Crippen LogP contribution in [-0.4, -0.2) is 35.1 Å². The lowest BCUT2D eigenvalue weighted by atomic mass is 10.0. The van der Waals surface area contributed by atoms with E-state index in [0.717, 1.165) is 22.4 Å². The molecule has 0 saturated heterocycles. The number of anilines is 1. The molecule has 32 heavy (non-hydrogen) atoms. The molecule has 0 aliphatic rings. The van der Waals surface area contributed by atoms with Crippen LogP contribution in [0.1, 0.15) is 21.6 Å². The van der Waals surface area contributed by atoms with Crippen molar-refractivity contribution in [3.63, 3.8) is 0 Å². The van der Waals surface area contributed by atoms with Crippen LogP contribution in [0.25, 0.3) is 22.6 Å². The third-order valence-electron chi connectivity index (χ3n) is 4.87. The first-order chi connectivity index (χ1) is 15.4. The quantitative estimate of drug-likeness (QED) is 0.492. The monoisotopic (exact) mass is 431 g/mol. The molecule has 7 nitrogen and oxygen atoms in total. The minimum absolute atomic E-state index is 0.0216. The molecule has 0 fully saturated rings. The average Bonchev–Trinajstić information content (AvgIpc) is 3.23. The topological polar surface area (TPSA) is 84.2 Å². The third kappa shape index (κ3) is 4.49. The number of rotatable bonds is 6. The van der Waals surface area contributed by atoms with E-state index in [1.807, 2.05) is 56.3 Å². The molecule has 2 aromatic carbocycles. The van der Waals surface area contributed by atoms with Crippen molar-refractivity contribution in [2.75, 3.05) is 19.0 Å². The van der Waals surface area contributed by atoms with Gasteiger partial charge in [-0.25, -0.2) is 14.4 Å². The molecule has 0 aliphatic carbocycles. The van der Waals surface area contributed by atoms with E-state index in [1.54, 1.807) is 18.3 Å². The molecule has 0 saturated carbocycles. The van der Waals surface area contributed by atoms with Crippen molar-refractivity contribution in [3.05, 3.63) is 83.4 Å². The largest absolute Gasteiger partial charge is 0.356 e. The molecule has 4 aromatic rings. The molecule has 1 N–H and O–H groups in total. The Kier molecular flexibility index (Phi) is 5.93. The van der Waals surface area contributed by atoms with Gasteiger partial charge < -0.3 is 14.7 Å². The first kappa shape index (κ1) is 21.2. The van der Waals surface area contributed by atoms with E-state index in [0.29, 0.717) is 17.4 Å². The molecular formula is C24H22FN5O2. The van der Waals surface area contributed by atoms with Crippen molar-refractivity contribution >= 4 is 11.9 Å². The molecule has 4 rings (SSSR count). The second-order valence-corrected chi connectivity index (χ2v) is 7.52. The van der Waals surface area contributed by atoms with Gasteiger partial charge in [0.2, 0.25) is 5.95 Å². The summed E-state index contributed by atoms with van der Waals surface area (Å²) in [5.74, 6) is 0.155. The molecule has 0 aliphatic heterocycles. The first-order valence-corrected chi connectivity index (χ1v) is 10.0. The lowest BCUT2D eigenvalue weighted by Crippen LogP contribution is -2.23. The Morgan fingerprint density at radius 2 is 1.88 bits per heavy atom. The van der Waals surface area contributed by atoms with Gasteiger partial charge in [0.25, 0.3) is 5.91 Å². The van der Waals surface area contributed by atoms with Gasteiger partial charge in [-0.2, -0.15) is 0 Å². The second kappa shape index (κ2) is 8.97. The second-order valence-electron chi connectivity index (χ2n) is 7.52. The predicted molar refractivity (Wildman–Crippen MR) is 120 cm³/mol. The van der Waals surface area contributed by atoms with Crippen LogP contribution >= 0.6 is 0 Å². The highest BCUT2D eigenvalue weighted by Gasteiger charge is 2.16. The maximum absolute atomic E-state index is 13.8. The van der Waals surface area contributed by atoms with E-state index >= 15 is 0 Å². The fraction of sp³-hybridized carbons (Fsp3) is 0.167.